The topological polar surface area (TPSA) is 12.0 Å². The summed E-state index contributed by atoms with van der Waals surface area (Å²) in [6.45, 7) is 3.33. The van der Waals surface area contributed by atoms with E-state index < -0.39 is 0 Å². The lowest BCUT2D eigenvalue weighted by molar-refractivity contribution is 0.322. The monoisotopic (exact) mass is 301 g/mol. The van der Waals surface area contributed by atoms with Gasteiger partial charge in [-0.25, -0.2) is 0 Å². The molecule has 0 radical (unpaired) electrons. The summed E-state index contributed by atoms with van der Waals surface area (Å²) in [6, 6.07) is 9.52. The molecule has 2 aromatic rings. The average molecular weight is 301 g/mol. The number of hydrogen-bond acceptors (Lipinski definition) is 2. The first-order valence-corrected chi connectivity index (χ1v) is 9.45. The number of likely N-dealkylation sites (N-methyl/N-ethyl adjacent to an activating group) is 1. The molecule has 1 fully saturated rings. The summed E-state index contributed by atoms with van der Waals surface area (Å²) < 4.78 is 1.43. The van der Waals surface area contributed by atoms with Crippen LogP contribution in [-0.2, 0) is 6.42 Å². The number of thiophene rings is 1. The van der Waals surface area contributed by atoms with Crippen LogP contribution in [0.1, 0.15) is 51.0 Å². The molecule has 1 aromatic carbocycles. The van der Waals surface area contributed by atoms with Gasteiger partial charge in [0.2, 0.25) is 0 Å². The van der Waals surface area contributed by atoms with E-state index in [-0.39, 0.29) is 0 Å². The predicted molar refractivity (Wildman–Crippen MR) is 94.2 cm³/mol. The molecule has 1 aromatic heterocycles. The fourth-order valence-electron chi connectivity index (χ4n) is 3.81. The molecule has 0 spiro atoms. The molecule has 1 aliphatic rings. The minimum atomic E-state index is 0.658. The first kappa shape index (κ1) is 15.1. The Kier molecular flexibility index (Phi) is 5.32. The standard InChI is InChI=1S/C19H27NS/c1-2-20-18(15-9-5-3-4-6-10-15)13-16-14-21-19-12-8-7-11-17(16)19/h7-8,11-12,14-15,18,20H,2-6,9-10,13H2,1H3. The van der Waals surface area contributed by atoms with Crippen LogP contribution in [0.4, 0.5) is 0 Å². The van der Waals surface area contributed by atoms with Crippen LogP contribution >= 0.6 is 11.3 Å². The molecule has 2 heteroatoms. The zero-order chi connectivity index (χ0) is 14.5. The maximum atomic E-state index is 3.79. The van der Waals surface area contributed by atoms with Crippen LogP contribution in [0.15, 0.2) is 29.6 Å². The lowest BCUT2D eigenvalue weighted by atomic mass is 9.87. The van der Waals surface area contributed by atoms with Gasteiger partial charge in [-0.2, -0.15) is 0 Å². The minimum Gasteiger partial charge on any atom is -0.314 e. The van der Waals surface area contributed by atoms with Gasteiger partial charge in [-0.15, -0.1) is 11.3 Å². The van der Waals surface area contributed by atoms with Gasteiger partial charge in [0.05, 0.1) is 0 Å². The van der Waals surface area contributed by atoms with E-state index in [2.05, 4.69) is 41.9 Å². The van der Waals surface area contributed by atoms with Gasteiger partial charge in [0.15, 0.2) is 0 Å². The fraction of sp³-hybridized carbons (Fsp3) is 0.579. The van der Waals surface area contributed by atoms with Crippen molar-refractivity contribution in [3.8, 4) is 0 Å². The quantitative estimate of drug-likeness (QED) is 0.730. The number of nitrogens with one attached hydrogen (secondary N) is 1. The van der Waals surface area contributed by atoms with Crippen molar-refractivity contribution in [3.05, 3.63) is 35.2 Å². The summed E-state index contributed by atoms with van der Waals surface area (Å²) in [4.78, 5) is 0. The highest BCUT2D eigenvalue weighted by molar-refractivity contribution is 7.17. The van der Waals surface area contributed by atoms with Gasteiger partial charge < -0.3 is 5.32 Å². The van der Waals surface area contributed by atoms with Gasteiger partial charge in [0, 0.05) is 10.7 Å². The molecule has 1 atom stereocenters. The van der Waals surface area contributed by atoms with Gasteiger partial charge in [-0.05, 0) is 54.1 Å². The molecular formula is C19H27NS. The highest BCUT2D eigenvalue weighted by atomic mass is 32.1. The second kappa shape index (κ2) is 7.42. The van der Waals surface area contributed by atoms with Crippen LogP contribution in [0.2, 0.25) is 0 Å². The van der Waals surface area contributed by atoms with E-state index >= 15 is 0 Å². The van der Waals surface area contributed by atoms with Gasteiger partial charge in [-0.3, -0.25) is 0 Å². The van der Waals surface area contributed by atoms with Crippen molar-refractivity contribution in [2.75, 3.05) is 6.54 Å². The number of rotatable bonds is 5. The Morgan fingerprint density at radius 2 is 1.90 bits per heavy atom. The van der Waals surface area contributed by atoms with E-state index in [1.807, 2.05) is 11.3 Å². The summed E-state index contributed by atoms with van der Waals surface area (Å²) in [7, 11) is 0. The minimum absolute atomic E-state index is 0.658. The van der Waals surface area contributed by atoms with Gasteiger partial charge >= 0.3 is 0 Å². The third kappa shape index (κ3) is 3.67. The average Bonchev–Trinajstić information content (AvgIpc) is 2.73. The van der Waals surface area contributed by atoms with E-state index in [0.29, 0.717) is 6.04 Å². The normalized spacial score (nSPS) is 18.7. The lowest BCUT2D eigenvalue weighted by Crippen LogP contribution is -2.37. The Labute approximate surface area is 132 Å². The van der Waals surface area contributed by atoms with Crippen LogP contribution < -0.4 is 5.32 Å². The molecule has 0 amide bonds. The van der Waals surface area contributed by atoms with Gasteiger partial charge in [0.25, 0.3) is 0 Å². The van der Waals surface area contributed by atoms with Crippen LogP contribution in [0.25, 0.3) is 10.1 Å². The maximum absolute atomic E-state index is 3.79. The number of fused-ring (bicyclic) bond motifs is 1. The van der Waals surface area contributed by atoms with E-state index in [1.165, 1.54) is 55.0 Å². The van der Waals surface area contributed by atoms with Crippen molar-refractivity contribution in [1.29, 1.82) is 0 Å². The third-order valence-electron chi connectivity index (χ3n) is 4.94. The molecule has 0 aliphatic heterocycles. The largest absolute Gasteiger partial charge is 0.314 e. The Hall–Kier alpha value is -0.860. The van der Waals surface area contributed by atoms with Crippen LogP contribution in [-0.4, -0.2) is 12.6 Å². The first-order valence-electron chi connectivity index (χ1n) is 8.57. The number of benzene rings is 1. The Morgan fingerprint density at radius 3 is 2.67 bits per heavy atom. The van der Waals surface area contributed by atoms with Crippen LogP contribution in [0, 0.1) is 5.92 Å². The Balaban J connectivity index is 1.77. The molecule has 3 rings (SSSR count). The number of hydrogen-bond donors (Lipinski definition) is 1. The van der Waals surface area contributed by atoms with E-state index in [1.54, 1.807) is 5.56 Å². The van der Waals surface area contributed by atoms with Crippen molar-refractivity contribution >= 4 is 21.4 Å². The molecular weight excluding hydrogens is 274 g/mol. The van der Waals surface area contributed by atoms with E-state index in [9.17, 15) is 0 Å². The summed E-state index contributed by atoms with van der Waals surface area (Å²) in [5.74, 6) is 0.867. The van der Waals surface area contributed by atoms with Gasteiger partial charge in [0.1, 0.15) is 0 Å². The second-order valence-electron chi connectivity index (χ2n) is 6.38. The molecule has 1 unspecified atom stereocenters. The maximum Gasteiger partial charge on any atom is 0.0345 e. The molecule has 1 nitrogen and oxygen atoms in total. The zero-order valence-corrected chi connectivity index (χ0v) is 13.9. The molecule has 21 heavy (non-hydrogen) atoms. The zero-order valence-electron chi connectivity index (χ0n) is 13.1. The van der Waals surface area contributed by atoms with Crippen LogP contribution in [0.3, 0.4) is 0 Å². The fourth-order valence-corrected chi connectivity index (χ4v) is 4.78. The van der Waals surface area contributed by atoms with E-state index in [0.717, 1.165) is 12.5 Å². The molecule has 114 valence electrons. The van der Waals surface area contributed by atoms with Crippen molar-refractivity contribution in [2.45, 2.75) is 57.9 Å². The first-order chi connectivity index (χ1) is 10.4. The summed E-state index contributed by atoms with van der Waals surface area (Å²) in [5.41, 5.74) is 1.55. The highest BCUT2D eigenvalue weighted by Crippen LogP contribution is 2.31. The molecule has 0 saturated heterocycles. The molecule has 1 N–H and O–H groups in total. The molecule has 1 heterocycles. The molecule has 0 bridgehead atoms. The van der Waals surface area contributed by atoms with E-state index in [4.69, 9.17) is 0 Å². The van der Waals surface area contributed by atoms with Crippen molar-refractivity contribution in [1.82, 2.24) is 5.32 Å². The Bertz CT molecular complexity index is 551. The van der Waals surface area contributed by atoms with Gasteiger partial charge in [-0.1, -0.05) is 50.8 Å². The SMILES string of the molecule is CCNC(Cc1csc2ccccc12)C1CCCCCC1. The van der Waals surface area contributed by atoms with Crippen molar-refractivity contribution < 1.29 is 0 Å². The van der Waals surface area contributed by atoms with Crippen molar-refractivity contribution in [3.63, 3.8) is 0 Å². The smallest absolute Gasteiger partial charge is 0.0345 e. The molecule has 1 saturated carbocycles. The molecule has 1 aliphatic carbocycles. The Morgan fingerprint density at radius 1 is 1.14 bits per heavy atom. The lowest BCUT2D eigenvalue weighted by Gasteiger charge is -2.27. The summed E-state index contributed by atoms with van der Waals surface area (Å²) in [5, 5.41) is 7.64. The second-order valence-corrected chi connectivity index (χ2v) is 7.29. The third-order valence-corrected chi connectivity index (χ3v) is 5.95. The van der Waals surface area contributed by atoms with Crippen molar-refractivity contribution in [2.24, 2.45) is 5.92 Å². The predicted octanol–water partition coefficient (Wildman–Crippen LogP) is 5.39. The summed E-state index contributed by atoms with van der Waals surface area (Å²) in [6.07, 6.45) is 9.77. The summed E-state index contributed by atoms with van der Waals surface area (Å²) >= 11 is 1.90. The van der Waals surface area contributed by atoms with Crippen LogP contribution in [0.5, 0.6) is 0 Å². The highest BCUT2D eigenvalue weighted by Gasteiger charge is 2.23.